The highest BCUT2D eigenvalue weighted by atomic mass is 32.2. The van der Waals surface area contributed by atoms with Gasteiger partial charge < -0.3 is 10.1 Å². The van der Waals surface area contributed by atoms with Crippen LogP contribution in [0.3, 0.4) is 0 Å². The van der Waals surface area contributed by atoms with Crippen LogP contribution in [0.5, 0.6) is 0 Å². The number of H-pyrrole nitrogens is 1. The average Bonchev–Trinajstić information content (AvgIpc) is 2.97. The Kier molecular flexibility index (Phi) is 4.99. The molecule has 126 valence electrons. The normalized spacial score (nSPS) is 13.2. The lowest BCUT2D eigenvalue weighted by atomic mass is 10.1. The fourth-order valence-electron chi connectivity index (χ4n) is 2.80. The number of aromatic nitrogens is 1. The first-order valence-electron chi connectivity index (χ1n) is 7.77. The zero-order chi connectivity index (χ0) is 17.0. The van der Waals surface area contributed by atoms with Crippen molar-refractivity contribution < 1.29 is 13.5 Å². The molecule has 0 saturated carbocycles. The molecule has 0 aliphatic heterocycles. The van der Waals surface area contributed by atoms with E-state index in [4.69, 9.17) is 0 Å². The summed E-state index contributed by atoms with van der Waals surface area (Å²) < 4.78 is 27.3. The largest absolute Gasteiger partial charge is 0.395 e. The summed E-state index contributed by atoms with van der Waals surface area (Å²) in [5.41, 5.74) is 2.69. The molecule has 0 aliphatic rings. The number of benzene rings is 2. The van der Waals surface area contributed by atoms with Crippen LogP contribution in [0, 0.1) is 0 Å². The number of fused-ring (bicyclic) bond motifs is 1. The van der Waals surface area contributed by atoms with Gasteiger partial charge in [0.2, 0.25) is 10.0 Å². The first kappa shape index (κ1) is 16.7. The maximum atomic E-state index is 12.3. The van der Waals surface area contributed by atoms with Crippen LogP contribution < -0.4 is 4.72 Å². The van der Waals surface area contributed by atoms with Gasteiger partial charge >= 0.3 is 0 Å². The number of aliphatic hydroxyl groups excluding tert-OH is 1. The molecule has 1 atom stereocenters. The van der Waals surface area contributed by atoms with E-state index in [1.54, 1.807) is 24.3 Å². The third-order valence-corrected chi connectivity index (χ3v) is 5.31. The SMILES string of the molecule is O=S(=O)(Cc1ccccc1)N[C@@H](CO)Cc1c[nH]c2ccccc12. The topological polar surface area (TPSA) is 82.2 Å². The maximum absolute atomic E-state index is 12.3. The van der Waals surface area contributed by atoms with Gasteiger partial charge in [-0.1, -0.05) is 48.5 Å². The summed E-state index contributed by atoms with van der Waals surface area (Å²) in [5.74, 6) is -0.0990. The molecule has 24 heavy (non-hydrogen) atoms. The first-order chi connectivity index (χ1) is 11.6. The first-order valence-corrected chi connectivity index (χ1v) is 9.42. The molecule has 6 heteroatoms. The molecule has 0 amide bonds. The van der Waals surface area contributed by atoms with Gasteiger partial charge in [0.25, 0.3) is 0 Å². The standard InChI is InChI=1S/C18H20N2O3S/c21-12-16(10-15-11-19-18-9-5-4-8-17(15)18)20-24(22,23)13-14-6-2-1-3-7-14/h1-9,11,16,19-21H,10,12-13H2/t16-/m1/s1. The number of sulfonamides is 1. The van der Waals surface area contributed by atoms with Crippen LogP contribution in [-0.4, -0.2) is 31.2 Å². The Morgan fingerprint density at radius 2 is 1.75 bits per heavy atom. The van der Waals surface area contributed by atoms with Crippen LogP contribution >= 0.6 is 0 Å². The van der Waals surface area contributed by atoms with Crippen molar-refractivity contribution in [3.63, 3.8) is 0 Å². The van der Waals surface area contributed by atoms with Crippen molar-refractivity contribution in [3.8, 4) is 0 Å². The van der Waals surface area contributed by atoms with Gasteiger partial charge in [0, 0.05) is 23.1 Å². The van der Waals surface area contributed by atoms with Gasteiger partial charge in [0.1, 0.15) is 0 Å². The van der Waals surface area contributed by atoms with E-state index in [2.05, 4.69) is 9.71 Å². The van der Waals surface area contributed by atoms with Crippen molar-refractivity contribution in [1.29, 1.82) is 0 Å². The highest BCUT2D eigenvalue weighted by molar-refractivity contribution is 7.88. The summed E-state index contributed by atoms with van der Waals surface area (Å²) in [6.07, 6.45) is 2.29. The van der Waals surface area contributed by atoms with Crippen LogP contribution in [0.2, 0.25) is 0 Å². The lowest BCUT2D eigenvalue weighted by Gasteiger charge is -2.16. The van der Waals surface area contributed by atoms with E-state index in [0.29, 0.717) is 12.0 Å². The summed E-state index contributed by atoms with van der Waals surface area (Å²) in [5, 5.41) is 10.6. The molecule has 1 heterocycles. The number of para-hydroxylation sites is 1. The highest BCUT2D eigenvalue weighted by Crippen LogP contribution is 2.19. The van der Waals surface area contributed by atoms with E-state index < -0.39 is 16.1 Å². The molecule has 2 aromatic carbocycles. The summed E-state index contributed by atoms with van der Waals surface area (Å²) in [4.78, 5) is 3.16. The number of aliphatic hydroxyl groups is 1. The Bertz CT molecular complexity index is 904. The molecular weight excluding hydrogens is 324 g/mol. The molecule has 3 rings (SSSR count). The smallest absolute Gasteiger partial charge is 0.216 e. The monoisotopic (exact) mass is 344 g/mol. The van der Waals surface area contributed by atoms with Gasteiger partial charge in [0.05, 0.1) is 12.4 Å². The fraction of sp³-hybridized carbons (Fsp3) is 0.222. The van der Waals surface area contributed by atoms with Crippen LogP contribution in [0.4, 0.5) is 0 Å². The molecule has 3 aromatic rings. The van der Waals surface area contributed by atoms with Crippen molar-refractivity contribution in [1.82, 2.24) is 9.71 Å². The van der Waals surface area contributed by atoms with E-state index in [9.17, 15) is 13.5 Å². The Labute approximate surface area is 141 Å². The molecule has 0 aliphatic carbocycles. The Balaban J connectivity index is 1.72. The second-order valence-electron chi connectivity index (χ2n) is 5.81. The van der Waals surface area contributed by atoms with Crippen LogP contribution in [-0.2, 0) is 22.2 Å². The third-order valence-electron chi connectivity index (χ3n) is 3.91. The second kappa shape index (κ2) is 7.17. The predicted molar refractivity (Wildman–Crippen MR) is 95.1 cm³/mol. The van der Waals surface area contributed by atoms with Crippen molar-refractivity contribution >= 4 is 20.9 Å². The van der Waals surface area contributed by atoms with E-state index in [0.717, 1.165) is 16.5 Å². The molecule has 0 fully saturated rings. The van der Waals surface area contributed by atoms with Gasteiger partial charge in [-0.25, -0.2) is 13.1 Å². The number of aromatic amines is 1. The summed E-state index contributed by atoms with van der Waals surface area (Å²) in [6, 6.07) is 16.3. The van der Waals surface area contributed by atoms with E-state index in [1.807, 2.05) is 36.5 Å². The molecule has 3 N–H and O–H groups in total. The van der Waals surface area contributed by atoms with Gasteiger partial charge in [-0.05, 0) is 23.6 Å². The number of hydrogen-bond donors (Lipinski definition) is 3. The lowest BCUT2D eigenvalue weighted by molar-refractivity contribution is 0.256. The zero-order valence-corrected chi connectivity index (χ0v) is 14.0. The zero-order valence-electron chi connectivity index (χ0n) is 13.1. The maximum Gasteiger partial charge on any atom is 0.216 e. The number of rotatable bonds is 7. The fourth-order valence-corrected chi connectivity index (χ4v) is 4.18. The quantitative estimate of drug-likeness (QED) is 0.614. The van der Waals surface area contributed by atoms with Gasteiger partial charge in [-0.3, -0.25) is 0 Å². The van der Waals surface area contributed by atoms with Gasteiger partial charge in [-0.15, -0.1) is 0 Å². The third kappa shape index (κ3) is 4.03. The summed E-state index contributed by atoms with van der Waals surface area (Å²) >= 11 is 0. The second-order valence-corrected chi connectivity index (χ2v) is 7.56. The minimum absolute atomic E-state index is 0.0990. The molecule has 1 aromatic heterocycles. The molecule has 0 saturated heterocycles. The molecule has 0 unspecified atom stereocenters. The molecule has 0 radical (unpaired) electrons. The molecule has 0 bridgehead atoms. The Morgan fingerprint density at radius 3 is 2.50 bits per heavy atom. The van der Waals surface area contributed by atoms with Gasteiger partial charge in [-0.2, -0.15) is 0 Å². The van der Waals surface area contributed by atoms with Crippen molar-refractivity contribution in [2.45, 2.75) is 18.2 Å². The van der Waals surface area contributed by atoms with Crippen molar-refractivity contribution in [3.05, 3.63) is 71.9 Å². The number of nitrogens with one attached hydrogen (secondary N) is 2. The van der Waals surface area contributed by atoms with Crippen LogP contribution in [0.15, 0.2) is 60.8 Å². The highest BCUT2D eigenvalue weighted by Gasteiger charge is 2.19. The summed E-state index contributed by atoms with van der Waals surface area (Å²) in [6.45, 7) is -0.256. The van der Waals surface area contributed by atoms with Crippen molar-refractivity contribution in [2.24, 2.45) is 0 Å². The van der Waals surface area contributed by atoms with Crippen LogP contribution in [0.1, 0.15) is 11.1 Å². The minimum Gasteiger partial charge on any atom is -0.395 e. The van der Waals surface area contributed by atoms with Crippen LogP contribution in [0.25, 0.3) is 10.9 Å². The molecular formula is C18H20N2O3S. The van der Waals surface area contributed by atoms with E-state index in [1.165, 1.54) is 0 Å². The average molecular weight is 344 g/mol. The number of hydrogen-bond acceptors (Lipinski definition) is 3. The van der Waals surface area contributed by atoms with Gasteiger partial charge in [0.15, 0.2) is 0 Å². The van der Waals surface area contributed by atoms with E-state index >= 15 is 0 Å². The Morgan fingerprint density at radius 1 is 1.04 bits per heavy atom. The summed E-state index contributed by atoms with van der Waals surface area (Å²) in [7, 11) is -3.52. The van der Waals surface area contributed by atoms with Crippen molar-refractivity contribution in [2.75, 3.05) is 6.61 Å². The molecule has 5 nitrogen and oxygen atoms in total. The van der Waals surface area contributed by atoms with E-state index in [-0.39, 0.29) is 12.4 Å². The predicted octanol–water partition coefficient (Wildman–Crippen LogP) is 2.19. The minimum atomic E-state index is -3.52. The Hall–Kier alpha value is -2.15. The lowest BCUT2D eigenvalue weighted by Crippen LogP contribution is -2.39. The molecule has 0 spiro atoms.